The lowest BCUT2D eigenvalue weighted by atomic mass is 10.1. The number of nitrogens with zero attached hydrogens (tertiary/aromatic N) is 2. The highest BCUT2D eigenvalue weighted by Crippen LogP contribution is 2.27. The number of aryl methyl sites for hydroxylation is 1. The number of thioether (sulfide) groups is 1. The van der Waals surface area contributed by atoms with Crippen molar-refractivity contribution in [2.45, 2.75) is 31.7 Å². The van der Waals surface area contributed by atoms with Crippen molar-refractivity contribution in [1.29, 1.82) is 0 Å². The van der Waals surface area contributed by atoms with E-state index in [0.717, 1.165) is 20.9 Å². The summed E-state index contributed by atoms with van der Waals surface area (Å²) in [6.07, 6.45) is 4.80. The van der Waals surface area contributed by atoms with Crippen LogP contribution in [0.15, 0.2) is 34.0 Å². The van der Waals surface area contributed by atoms with Gasteiger partial charge in [-0.25, -0.2) is 0 Å². The van der Waals surface area contributed by atoms with Gasteiger partial charge in [0.1, 0.15) is 5.75 Å². The molecular weight excluding hydrogens is 406 g/mol. The van der Waals surface area contributed by atoms with E-state index in [2.05, 4.69) is 31.4 Å². The first kappa shape index (κ1) is 19.5. The summed E-state index contributed by atoms with van der Waals surface area (Å²) in [5.74, 6) is 0.288. The largest absolute Gasteiger partial charge is 0.470 e. The van der Waals surface area contributed by atoms with Crippen LogP contribution in [0, 0.1) is 6.92 Å². The van der Waals surface area contributed by atoms with Crippen LogP contribution in [-0.4, -0.2) is 39.5 Å². The number of amides is 1. The van der Waals surface area contributed by atoms with E-state index >= 15 is 0 Å². The molecule has 0 aliphatic rings. The Morgan fingerprint density at radius 3 is 2.84 bits per heavy atom. The van der Waals surface area contributed by atoms with Gasteiger partial charge in [-0.15, -0.1) is 11.8 Å². The number of aromatic nitrogens is 1. The standard InChI is InChI=1S/C17H20BrN3O3S/c1-10-5-13(7-11-6-12(18)8-19-14(10)11)24-16(25-4)15(22)21-17(2,3)9-20-23/h5-9,16,23H,1-4H3,(H,21,22). The van der Waals surface area contributed by atoms with E-state index in [-0.39, 0.29) is 5.91 Å². The second-order valence-electron chi connectivity index (χ2n) is 6.11. The fourth-order valence-corrected chi connectivity index (χ4v) is 3.15. The molecule has 0 fully saturated rings. The molecule has 0 spiro atoms. The van der Waals surface area contributed by atoms with Crippen molar-refractivity contribution in [3.05, 3.63) is 34.4 Å². The van der Waals surface area contributed by atoms with Gasteiger partial charge >= 0.3 is 0 Å². The number of carbonyl (C=O) groups is 1. The van der Waals surface area contributed by atoms with Crippen LogP contribution in [0.5, 0.6) is 5.75 Å². The zero-order valence-corrected chi connectivity index (χ0v) is 16.8. The summed E-state index contributed by atoms with van der Waals surface area (Å²) in [6, 6.07) is 5.67. The quantitative estimate of drug-likeness (QED) is 0.318. The summed E-state index contributed by atoms with van der Waals surface area (Å²) in [7, 11) is 0. The molecule has 1 atom stereocenters. The molecule has 1 unspecified atom stereocenters. The van der Waals surface area contributed by atoms with Gasteiger partial charge in [-0.2, -0.15) is 0 Å². The molecule has 6 nitrogen and oxygen atoms in total. The number of hydrogen-bond donors (Lipinski definition) is 2. The maximum atomic E-state index is 12.5. The van der Waals surface area contributed by atoms with E-state index in [1.807, 2.05) is 25.1 Å². The molecule has 0 aliphatic carbocycles. The van der Waals surface area contributed by atoms with Crippen molar-refractivity contribution in [2.24, 2.45) is 5.16 Å². The average molecular weight is 426 g/mol. The Hall–Kier alpha value is -1.80. The lowest BCUT2D eigenvalue weighted by Crippen LogP contribution is -2.49. The lowest BCUT2D eigenvalue weighted by molar-refractivity contribution is -0.125. The molecule has 1 heterocycles. The number of carbonyl (C=O) groups excluding carboxylic acids is 1. The normalized spacial score (nSPS) is 13.2. The van der Waals surface area contributed by atoms with Crippen LogP contribution in [0.25, 0.3) is 10.9 Å². The minimum absolute atomic E-state index is 0.303. The van der Waals surface area contributed by atoms with Crippen molar-refractivity contribution < 1.29 is 14.7 Å². The molecular formula is C17H20BrN3O3S. The van der Waals surface area contributed by atoms with Crippen LogP contribution in [-0.2, 0) is 4.79 Å². The van der Waals surface area contributed by atoms with Crippen molar-refractivity contribution in [1.82, 2.24) is 10.3 Å². The second-order valence-corrected chi connectivity index (χ2v) is 7.92. The first-order valence-corrected chi connectivity index (χ1v) is 9.60. The van der Waals surface area contributed by atoms with Gasteiger partial charge in [0.2, 0.25) is 5.44 Å². The van der Waals surface area contributed by atoms with Gasteiger partial charge in [0.25, 0.3) is 5.91 Å². The van der Waals surface area contributed by atoms with Crippen molar-refractivity contribution in [3.63, 3.8) is 0 Å². The maximum absolute atomic E-state index is 12.5. The number of oxime groups is 1. The van der Waals surface area contributed by atoms with E-state index in [4.69, 9.17) is 9.94 Å². The van der Waals surface area contributed by atoms with Crippen LogP contribution in [0.1, 0.15) is 19.4 Å². The van der Waals surface area contributed by atoms with E-state index < -0.39 is 11.0 Å². The highest BCUT2D eigenvalue weighted by molar-refractivity contribution is 9.10. The number of nitrogens with one attached hydrogen (secondary N) is 1. The van der Waals surface area contributed by atoms with Gasteiger partial charge in [0, 0.05) is 16.1 Å². The first-order valence-electron chi connectivity index (χ1n) is 7.51. The van der Waals surface area contributed by atoms with Crippen LogP contribution in [0.2, 0.25) is 0 Å². The maximum Gasteiger partial charge on any atom is 0.272 e. The van der Waals surface area contributed by atoms with E-state index in [9.17, 15) is 4.79 Å². The Labute approximate surface area is 159 Å². The molecule has 2 N–H and O–H groups in total. The zero-order chi connectivity index (χ0) is 18.6. The molecule has 1 amide bonds. The molecule has 0 radical (unpaired) electrons. The van der Waals surface area contributed by atoms with Crippen LogP contribution in [0.3, 0.4) is 0 Å². The summed E-state index contributed by atoms with van der Waals surface area (Å²) in [4.78, 5) is 16.9. The third-order valence-corrected chi connectivity index (χ3v) is 4.58. The predicted molar refractivity (Wildman–Crippen MR) is 105 cm³/mol. The molecule has 25 heavy (non-hydrogen) atoms. The fraction of sp³-hybridized carbons (Fsp3) is 0.353. The summed E-state index contributed by atoms with van der Waals surface area (Å²) >= 11 is 4.69. The van der Waals surface area contributed by atoms with Crippen LogP contribution >= 0.6 is 27.7 Å². The summed E-state index contributed by atoms with van der Waals surface area (Å²) in [5, 5.41) is 15.4. The summed E-state index contributed by atoms with van der Waals surface area (Å²) in [5.41, 5.74) is 0.342. The number of benzene rings is 1. The fourth-order valence-electron chi connectivity index (χ4n) is 2.32. The van der Waals surface area contributed by atoms with Gasteiger partial charge in [-0.05, 0) is 66.7 Å². The number of fused-ring (bicyclic) bond motifs is 1. The number of halogens is 1. The molecule has 134 valence electrons. The van der Waals surface area contributed by atoms with Crippen LogP contribution in [0.4, 0.5) is 0 Å². The van der Waals surface area contributed by atoms with Gasteiger partial charge < -0.3 is 15.3 Å². The predicted octanol–water partition coefficient (Wildman–Crippen LogP) is 3.73. The minimum Gasteiger partial charge on any atom is -0.470 e. The number of ether oxygens (including phenoxy) is 1. The Kier molecular flexibility index (Phi) is 6.29. The Morgan fingerprint density at radius 2 is 2.20 bits per heavy atom. The Bertz CT molecular complexity index is 811. The molecule has 1 aromatic carbocycles. The lowest BCUT2D eigenvalue weighted by Gasteiger charge is -2.24. The molecule has 8 heteroatoms. The molecule has 2 rings (SSSR count). The van der Waals surface area contributed by atoms with Crippen molar-refractivity contribution >= 4 is 50.7 Å². The summed E-state index contributed by atoms with van der Waals surface area (Å²) < 4.78 is 6.75. The van der Waals surface area contributed by atoms with E-state index in [1.54, 1.807) is 26.3 Å². The van der Waals surface area contributed by atoms with Gasteiger partial charge in [-0.1, -0.05) is 5.16 Å². The van der Waals surface area contributed by atoms with Crippen LogP contribution < -0.4 is 10.1 Å². The first-order chi connectivity index (χ1) is 11.8. The Balaban J connectivity index is 2.23. The number of rotatable bonds is 6. The minimum atomic E-state index is -0.780. The molecule has 0 bridgehead atoms. The topological polar surface area (TPSA) is 83.8 Å². The van der Waals surface area contributed by atoms with Gasteiger partial charge in [-0.3, -0.25) is 9.78 Å². The van der Waals surface area contributed by atoms with Crippen molar-refractivity contribution in [3.8, 4) is 5.75 Å². The monoisotopic (exact) mass is 425 g/mol. The molecule has 0 saturated heterocycles. The second kappa shape index (κ2) is 8.05. The molecule has 1 aromatic heterocycles. The zero-order valence-electron chi connectivity index (χ0n) is 14.4. The van der Waals surface area contributed by atoms with E-state index in [0.29, 0.717) is 5.75 Å². The molecule has 0 saturated carbocycles. The van der Waals surface area contributed by atoms with Gasteiger partial charge in [0.05, 0.1) is 17.3 Å². The average Bonchev–Trinajstić information content (AvgIpc) is 2.51. The summed E-state index contributed by atoms with van der Waals surface area (Å²) in [6.45, 7) is 5.40. The SMILES string of the molecule is CSC(Oc1cc(C)c2ncc(Br)cc2c1)C(=O)NC(C)(C)C=NO. The van der Waals surface area contributed by atoms with Crippen molar-refractivity contribution in [2.75, 3.05) is 6.26 Å². The number of pyridine rings is 1. The van der Waals surface area contributed by atoms with Gasteiger partial charge in [0.15, 0.2) is 0 Å². The Morgan fingerprint density at radius 1 is 1.48 bits per heavy atom. The smallest absolute Gasteiger partial charge is 0.272 e. The third kappa shape index (κ3) is 5.09. The highest BCUT2D eigenvalue weighted by Gasteiger charge is 2.26. The highest BCUT2D eigenvalue weighted by atomic mass is 79.9. The number of hydrogen-bond acceptors (Lipinski definition) is 6. The molecule has 0 aliphatic heterocycles. The third-order valence-electron chi connectivity index (χ3n) is 3.41. The van der Waals surface area contributed by atoms with E-state index in [1.165, 1.54) is 18.0 Å². The molecule has 2 aromatic rings.